The third-order valence-electron chi connectivity index (χ3n) is 3.34. The summed E-state index contributed by atoms with van der Waals surface area (Å²) >= 11 is 0. The lowest BCUT2D eigenvalue weighted by Gasteiger charge is -2.26. The molecule has 0 aromatic heterocycles. The van der Waals surface area contributed by atoms with Gasteiger partial charge in [0.25, 0.3) is 0 Å². The van der Waals surface area contributed by atoms with Crippen LogP contribution in [0.2, 0.25) is 0 Å². The molecule has 0 spiro atoms. The minimum atomic E-state index is -0.294. The second-order valence-corrected chi connectivity index (χ2v) is 4.66. The van der Waals surface area contributed by atoms with Crippen molar-refractivity contribution < 1.29 is 9.50 Å². The Morgan fingerprint density at radius 1 is 1.20 bits per heavy atom. The standard InChI is InChI=1S/C15H14FN3O/c16-11-4-6-12(7-5-11)19-14(9-18-15(19)17)10-2-1-3-13(20)8-10/h1-8,14,20H,9H2,(H2,17,18). The van der Waals surface area contributed by atoms with E-state index in [-0.39, 0.29) is 17.6 Å². The van der Waals surface area contributed by atoms with Crippen molar-refractivity contribution >= 4 is 11.6 Å². The number of anilines is 1. The number of aromatic hydroxyl groups is 1. The molecule has 0 radical (unpaired) electrons. The Morgan fingerprint density at radius 3 is 2.65 bits per heavy atom. The highest BCUT2D eigenvalue weighted by molar-refractivity contribution is 5.97. The van der Waals surface area contributed by atoms with Crippen LogP contribution in [-0.4, -0.2) is 17.6 Å². The lowest BCUT2D eigenvalue weighted by atomic mass is 10.1. The number of hydrogen-bond donors (Lipinski definition) is 2. The quantitative estimate of drug-likeness (QED) is 0.881. The van der Waals surface area contributed by atoms with E-state index in [0.29, 0.717) is 12.5 Å². The van der Waals surface area contributed by atoms with E-state index >= 15 is 0 Å². The summed E-state index contributed by atoms with van der Waals surface area (Å²) in [6, 6.07) is 13.0. The summed E-state index contributed by atoms with van der Waals surface area (Å²) < 4.78 is 13.0. The van der Waals surface area contributed by atoms with Crippen LogP contribution in [-0.2, 0) is 0 Å². The highest BCUT2D eigenvalue weighted by atomic mass is 19.1. The molecule has 1 aliphatic rings. The van der Waals surface area contributed by atoms with Crippen molar-refractivity contribution in [3.05, 3.63) is 59.9 Å². The van der Waals surface area contributed by atoms with Crippen LogP contribution in [0.25, 0.3) is 0 Å². The molecule has 2 aromatic carbocycles. The van der Waals surface area contributed by atoms with Crippen molar-refractivity contribution in [2.24, 2.45) is 10.7 Å². The number of nitrogens with zero attached hydrogens (tertiary/aromatic N) is 2. The summed E-state index contributed by atoms with van der Waals surface area (Å²) in [5.74, 6) is 0.300. The molecule has 0 bridgehead atoms. The Bertz CT molecular complexity index is 654. The predicted molar refractivity (Wildman–Crippen MR) is 76.2 cm³/mol. The first-order valence-electron chi connectivity index (χ1n) is 6.29. The van der Waals surface area contributed by atoms with Crippen molar-refractivity contribution in [3.8, 4) is 5.75 Å². The maximum atomic E-state index is 13.0. The number of benzene rings is 2. The van der Waals surface area contributed by atoms with E-state index in [0.717, 1.165) is 11.3 Å². The molecule has 4 nitrogen and oxygen atoms in total. The minimum absolute atomic E-state index is 0.0902. The second-order valence-electron chi connectivity index (χ2n) is 4.66. The van der Waals surface area contributed by atoms with Crippen molar-refractivity contribution in [1.82, 2.24) is 0 Å². The molecule has 0 fully saturated rings. The third kappa shape index (κ3) is 2.18. The molecule has 0 aliphatic carbocycles. The number of hydrogen-bond acceptors (Lipinski definition) is 4. The van der Waals surface area contributed by atoms with Crippen LogP contribution in [0.5, 0.6) is 5.75 Å². The minimum Gasteiger partial charge on any atom is -0.508 e. The van der Waals surface area contributed by atoms with Gasteiger partial charge in [-0.2, -0.15) is 0 Å². The van der Waals surface area contributed by atoms with E-state index in [4.69, 9.17) is 5.73 Å². The number of aliphatic imine (C=N–C) groups is 1. The number of phenolic OH excluding ortho intramolecular Hbond substituents is 1. The van der Waals surface area contributed by atoms with Crippen molar-refractivity contribution in [2.45, 2.75) is 6.04 Å². The average molecular weight is 271 g/mol. The fourth-order valence-corrected chi connectivity index (χ4v) is 2.40. The molecule has 1 atom stereocenters. The molecular formula is C15H14FN3O. The summed E-state index contributed by atoms with van der Waals surface area (Å²) in [4.78, 5) is 6.09. The van der Waals surface area contributed by atoms with Gasteiger partial charge in [0.15, 0.2) is 5.96 Å². The summed E-state index contributed by atoms with van der Waals surface area (Å²) in [7, 11) is 0. The molecule has 1 heterocycles. The van der Waals surface area contributed by atoms with Gasteiger partial charge in [-0.05, 0) is 42.0 Å². The summed E-state index contributed by atoms with van der Waals surface area (Å²) in [6.45, 7) is 0.507. The van der Waals surface area contributed by atoms with Crippen LogP contribution in [0, 0.1) is 5.82 Å². The number of phenols is 1. The van der Waals surface area contributed by atoms with Crippen LogP contribution >= 0.6 is 0 Å². The fourth-order valence-electron chi connectivity index (χ4n) is 2.40. The number of nitrogens with two attached hydrogens (primary N) is 1. The first-order chi connectivity index (χ1) is 9.65. The van der Waals surface area contributed by atoms with E-state index < -0.39 is 0 Å². The van der Waals surface area contributed by atoms with Crippen LogP contribution in [0.15, 0.2) is 53.5 Å². The van der Waals surface area contributed by atoms with Crippen LogP contribution in [0.4, 0.5) is 10.1 Å². The van der Waals surface area contributed by atoms with Gasteiger partial charge in [0.05, 0.1) is 12.6 Å². The Balaban J connectivity index is 1.98. The first-order valence-corrected chi connectivity index (χ1v) is 6.29. The Kier molecular flexibility index (Phi) is 3.02. The van der Waals surface area contributed by atoms with Crippen molar-refractivity contribution in [2.75, 3.05) is 11.4 Å². The van der Waals surface area contributed by atoms with E-state index in [2.05, 4.69) is 4.99 Å². The molecule has 3 N–H and O–H groups in total. The molecule has 5 heteroatoms. The summed E-state index contributed by atoms with van der Waals surface area (Å²) in [5.41, 5.74) is 7.63. The summed E-state index contributed by atoms with van der Waals surface area (Å²) in [5, 5.41) is 9.60. The zero-order valence-electron chi connectivity index (χ0n) is 10.7. The van der Waals surface area contributed by atoms with Crippen LogP contribution in [0.1, 0.15) is 11.6 Å². The molecule has 1 aliphatic heterocycles. The molecular weight excluding hydrogens is 257 g/mol. The first kappa shape index (κ1) is 12.5. The van der Waals surface area contributed by atoms with Gasteiger partial charge >= 0.3 is 0 Å². The predicted octanol–water partition coefficient (Wildman–Crippen LogP) is 2.41. The number of rotatable bonds is 2. The maximum absolute atomic E-state index is 13.0. The number of halogens is 1. The van der Waals surface area contributed by atoms with E-state index in [1.165, 1.54) is 12.1 Å². The van der Waals surface area contributed by atoms with Crippen molar-refractivity contribution in [1.29, 1.82) is 0 Å². The molecule has 2 aromatic rings. The maximum Gasteiger partial charge on any atom is 0.196 e. The van der Waals surface area contributed by atoms with E-state index in [1.807, 2.05) is 11.0 Å². The molecule has 20 heavy (non-hydrogen) atoms. The van der Waals surface area contributed by atoms with Gasteiger partial charge < -0.3 is 15.7 Å². The van der Waals surface area contributed by atoms with Gasteiger partial charge in [0.2, 0.25) is 0 Å². The summed E-state index contributed by atoms with van der Waals surface area (Å²) in [6.07, 6.45) is 0. The highest BCUT2D eigenvalue weighted by Crippen LogP contribution is 2.32. The lowest BCUT2D eigenvalue weighted by molar-refractivity contribution is 0.474. The smallest absolute Gasteiger partial charge is 0.196 e. The molecule has 0 amide bonds. The Hall–Kier alpha value is -2.56. The zero-order valence-corrected chi connectivity index (χ0v) is 10.7. The molecule has 0 saturated carbocycles. The van der Waals surface area contributed by atoms with Gasteiger partial charge in [-0.3, -0.25) is 4.99 Å². The topological polar surface area (TPSA) is 61.9 Å². The van der Waals surface area contributed by atoms with Crippen LogP contribution < -0.4 is 10.6 Å². The largest absolute Gasteiger partial charge is 0.508 e. The number of guanidine groups is 1. The van der Waals surface area contributed by atoms with E-state index in [1.54, 1.807) is 30.3 Å². The second kappa shape index (κ2) is 4.85. The molecule has 1 unspecified atom stereocenters. The van der Waals surface area contributed by atoms with Gasteiger partial charge in [0, 0.05) is 5.69 Å². The highest BCUT2D eigenvalue weighted by Gasteiger charge is 2.28. The van der Waals surface area contributed by atoms with Gasteiger partial charge in [0.1, 0.15) is 11.6 Å². The molecule has 102 valence electrons. The average Bonchev–Trinajstić information content (AvgIpc) is 2.82. The monoisotopic (exact) mass is 271 g/mol. The zero-order chi connectivity index (χ0) is 14.1. The molecule has 3 rings (SSSR count). The molecule has 0 saturated heterocycles. The van der Waals surface area contributed by atoms with Crippen LogP contribution in [0.3, 0.4) is 0 Å². The van der Waals surface area contributed by atoms with Crippen molar-refractivity contribution in [3.63, 3.8) is 0 Å². The fraction of sp³-hybridized carbons (Fsp3) is 0.133. The SMILES string of the molecule is NC1=NCC(c2cccc(O)c2)N1c1ccc(F)cc1. The Labute approximate surface area is 116 Å². The third-order valence-corrected chi connectivity index (χ3v) is 3.34. The lowest BCUT2D eigenvalue weighted by Crippen LogP contribution is -2.36. The van der Waals surface area contributed by atoms with Gasteiger partial charge in [-0.15, -0.1) is 0 Å². The normalized spacial score (nSPS) is 18.1. The van der Waals surface area contributed by atoms with E-state index in [9.17, 15) is 9.50 Å². The Morgan fingerprint density at radius 2 is 1.95 bits per heavy atom. The van der Waals surface area contributed by atoms with Gasteiger partial charge in [-0.25, -0.2) is 4.39 Å². The van der Waals surface area contributed by atoms with Gasteiger partial charge in [-0.1, -0.05) is 12.1 Å².